The van der Waals surface area contributed by atoms with Crippen molar-refractivity contribution in [3.63, 3.8) is 0 Å². The van der Waals surface area contributed by atoms with E-state index in [9.17, 15) is 5.11 Å². The highest BCUT2D eigenvalue weighted by molar-refractivity contribution is 5.38. The van der Waals surface area contributed by atoms with Crippen molar-refractivity contribution in [2.75, 3.05) is 44.2 Å². The highest BCUT2D eigenvalue weighted by Crippen LogP contribution is 2.69. The second-order valence-corrected chi connectivity index (χ2v) is 14.0. The Morgan fingerprint density at radius 2 is 1.74 bits per heavy atom. The predicted molar refractivity (Wildman–Crippen MR) is 159 cm³/mol. The molecule has 0 bridgehead atoms. The van der Waals surface area contributed by atoms with Gasteiger partial charge in [0.15, 0.2) is 0 Å². The van der Waals surface area contributed by atoms with Crippen LogP contribution < -0.4 is 10.2 Å². The van der Waals surface area contributed by atoms with Crippen molar-refractivity contribution in [3.05, 3.63) is 29.6 Å². The van der Waals surface area contributed by atoms with Crippen LogP contribution in [0.1, 0.15) is 98.1 Å². The molecule has 0 spiro atoms. The average molecular weight is 536 g/mol. The molecule has 1 aliphatic heterocycles. The third-order valence-electron chi connectivity index (χ3n) is 12.9. The van der Waals surface area contributed by atoms with Crippen LogP contribution in [0.15, 0.2) is 23.9 Å². The lowest BCUT2D eigenvalue weighted by molar-refractivity contribution is -0.130. The second-order valence-electron chi connectivity index (χ2n) is 14.0. The molecule has 6 rings (SSSR count). The van der Waals surface area contributed by atoms with Crippen LogP contribution in [-0.2, 0) is 5.54 Å². The maximum Gasteiger partial charge on any atom is 0.225 e. The zero-order valence-electron chi connectivity index (χ0n) is 25.3. The Bertz CT molecular complexity index is 1080. The van der Waals surface area contributed by atoms with Gasteiger partial charge in [-0.2, -0.15) is 0 Å². The molecule has 7 atom stereocenters. The number of piperazine rings is 1. The Labute approximate surface area is 237 Å². The summed E-state index contributed by atoms with van der Waals surface area (Å²) < 4.78 is 0. The number of nitrogens with one attached hydrogen (secondary N) is 1. The van der Waals surface area contributed by atoms with Gasteiger partial charge in [-0.05, 0) is 106 Å². The van der Waals surface area contributed by atoms with Crippen LogP contribution in [0.5, 0.6) is 0 Å². The van der Waals surface area contributed by atoms with Crippen molar-refractivity contribution in [2.24, 2.45) is 28.6 Å². The highest BCUT2D eigenvalue weighted by Gasteiger charge is 2.63. The van der Waals surface area contributed by atoms with Crippen LogP contribution in [0.3, 0.4) is 0 Å². The molecule has 0 amide bonds. The first-order valence-electron chi connectivity index (χ1n) is 16.2. The van der Waals surface area contributed by atoms with E-state index in [0.29, 0.717) is 5.92 Å². The van der Waals surface area contributed by atoms with Crippen molar-refractivity contribution >= 4 is 5.95 Å². The largest absolute Gasteiger partial charge is 0.389 e. The topological polar surface area (TPSA) is 64.5 Å². The molecule has 1 aromatic rings. The van der Waals surface area contributed by atoms with Gasteiger partial charge in [0, 0.05) is 45.5 Å². The number of hydrogen-bond donors (Lipinski definition) is 2. The Kier molecular flexibility index (Phi) is 7.16. The van der Waals surface area contributed by atoms with Gasteiger partial charge in [0.1, 0.15) is 0 Å². The monoisotopic (exact) mass is 535 g/mol. The molecule has 0 aromatic carbocycles. The molecule has 6 heteroatoms. The highest BCUT2D eigenvalue weighted by atomic mass is 16.3. The number of anilines is 1. The maximum atomic E-state index is 11.6. The number of hydrogen-bond acceptors (Lipinski definition) is 6. The van der Waals surface area contributed by atoms with Crippen molar-refractivity contribution in [1.29, 1.82) is 0 Å². The van der Waals surface area contributed by atoms with Gasteiger partial charge in [0.2, 0.25) is 5.95 Å². The molecular weight excluding hydrogens is 482 g/mol. The number of allylic oxidation sites excluding steroid dienone is 1. The second kappa shape index (κ2) is 10.1. The van der Waals surface area contributed by atoms with Crippen LogP contribution in [-0.4, -0.2) is 64.8 Å². The van der Waals surface area contributed by atoms with E-state index < -0.39 is 5.60 Å². The van der Waals surface area contributed by atoms with E-state index in [0.717, 1.165) is 76.3 Å². The first-order chi connectivity index (χ1) is 18.7. The molecule has 5 aliphatic rings. The Morgan fingerprint density at radius 1 is 1.00 bits per heavy atom. The zero-order chi connectivity index (χ0) is 27.5. The van der Waals surface area contributed by atoms with E-state index in [4.69, 9.17) is 9.97 Å². The van der Waals surface area contributed by atoms with Crippen LogP contribution in [0.25, 0.3) is 0 Å². The van der Waals surface area contributed by atoms with Crippen molar-refractivity contribution in [2.45, 2.75) is 104 Å². The van der Waals surface area contributed by atoms with E-state index in [1.165, 1.54) is 44.2 Å². The third-order valence-corrected chi connectivity index (χ3v) is 12.9. The van der Waals surface area contributed by atoms with Gasteiger partial charge in [-0.1, -0.05) is 32.4 Å². The summed E-state index contributed by atoms with van der Waals surface area (Å²) in [6.07, 6.45) is 15.2. The minimum atomic E-state index is -0.459. The molecule has 1 saturated heterocycles. The molecule has 4 fully saturated rings. The van der Waals surface area contributed by atoms with Gasteiger partial charge >= 0.3 is 0 Å². The van der Waals surface area contributed by atoms with Gasteiger partial charge in [-0.3, -0.25) is 4.90 Å². The SMILES string of the molecule is CCN(CC)c1nccc(C2(N3CCNCC3)C=C3CC[C@@H]4[C@H](CC[C@@]5(C)[C@H]4CC[C@]5(O)CC)[C@@]3(C)CC2)n1. The number of rotatable bonds is 6. The van der Waals surface area contributed by atoms with Crippen molar-refractivity contribution < 1.29 is 5.11 Å². The average Bonchev–Trinajstić information content (AvgIpc) is 3.25. The summed E-state index contributed by atoms with van der Waals surface area (Å²) >= 11 is 0. The van der Waals surface area contributed by atoms with Gasteiger partial charge in [0.05, 0.1) is 16.8 Å². The number of aromatic nitrogens is 2. The van der Waals surface area contributed by atoms with E-state index in [1.54, 1.807) is 5.57 Å². The lowest BCUT2D eigenvalue weighted by Crippen LogP contribution is -2.58. The minimum Gasteiger partial charge on any atom is -0.389 e. The normalized spacial score (nSPS) is 42.3. The van der Waals surface area contributed by atoms with Crippen molar-refractivity contribution in [3.8, 4) is 0 Å². The third kappa shape index (κ3) is 4.06. The molecule has 2 N–H and O–H groups in total. The summed E-state index contributed by atoms with van der Waals surface area (Å²) in [7, 11) is 0. The molecular formula is C33H53N5O. The summed E-state index contributed by atoms with van der Waals surface area (Å²) in [4.78, 5) is 15.0. The first-order valence-corrected chi connectivity index (χ1v) is 16.2. The van der Waals surface area contributed by atoms with E-state index in [-0.39, 0.29) is 16.4 Å². The van der Waals surface area contributed by atoms with Gasteiger partial charge in [-0.15, -0.1) is 0 Å². The van der Waals surface area contributed by atoms with Crippen LogP contribution in [0, 0.1) is 28.6 Å². The molecule has 1 aromatic heterocycles. The van der Waals surface area contributed by atoms with Crippen molar-refractivity contribution in [1.82, 2.24) is 20.2 Å². The van der Waals surface area contributed by atoms with E-state index >= 15 is 0 Å². The predicted octanol–water partition coefficient (Wildman–Crippen LogP) is 5.53. The minimum absolute atomic E-state index is 0.0987. The van der Waals surface area contributed by atoms with Gasteiger partial charge in [-0.25, -0.2) is 9.97 Å². The fourth-order valence-corrected chi connectivity index (χ4v) is 10.3. The van der Waals surface area contributed by atoms with E-state index in [2.05, 4.69) is 61.9 Å². The molecule has 216 valence electrons. The van der Waals surface area contributed by atoms with Crippen LogP contribution in [0.2, 0.25) is 0 Å². The summed E-state index contributed by atoms with van der Waals surface area (Å²) in [5.41, 5.74) is 2.65. The zero-order valence-corrected chi connectivity index (χ0v) is 25.3. The Balaban J connectivity index is 1.37. The Hall–Kier alpha value is -1.50. The number of nitrogens with zero attached hydrogens (tertiary/aromatic N) is 4. The number of aliphatic hydroxyl groups is 1. The molecule has 0 radical (unpaired) electrons. The lowest BCUT2D eigenvalue weighted by atomic mass is 9.45. The standard InChI is InChI=1S/C33H53N5O/c1-6-33(39)15-12-27-25-10-9-24-23-32(38-21-19-34-20-22-38,28-13-18-35-29(36-28)37(7-2)8-3)17-16-30(24,4)26(25)11-14-31(27,33)5/h13,18,23,25-27,34,39H,6-12,14-17,19-22H2,1-5H3/t25-,26+,27+,30+,31+,32?,33-/m1/s1. The smallest absolute Gasteiger partial charge is 0.225 e. The molecule has 4 aliphatic carbocycles. The fraction of sp³-hybridized carbons (Fsp3) is 0.818. The molecule has 3 saturated carbocycles. The Morgan fingerprint density at radius 3 is 2.46 bits per heavy atom. The van der Waals surface area contributed by atoms with Gasteiger partial charge in [0.25, 0.3) is 0 Å². The summed E-state index contributed by atoms with van der Waals surface area (Å²) in [6, 6.07) is 2.20. The first kappa shape index (κ1) is 27.7. The molecule has 1 unspecified atom stereocenters. The molecule has 39 heavy (non-hydrogen) atoms. The van der Waals surface area contributed by atoms with Gasteiger partial charge < -0.3 is 15.3 Å². The van der Waals surface area contributed by atoms with Crippen LogP contribution >= 0.6 is 0 Å². The fourth-order valence-electron chi connectivity index (χ4n) is 10.3. The lowest BCUT2D eigenvalue weighted by Gasteiger charge is -2.61. The number of fused-ring (bicyclic) bond motifs is 5. The van der Waals surface area contributed by atoms with E-state index in [1.807, 2.05) is 6.20 Å². The molecule has 6 nitrogen and oxygen atoms in total. The quantitative estimate of drug-likeness (QED) is 0.467. The summed E-state index contributed by atoms with van der Waals surface area (Å²) in [6.45, 7) is 17.7. The maximum absolute atomic E-state index is 11.6. The van der Waals surface area contributed by atoms with Crippen LogP contribution in [0.4, 0.5) is 5.95 Å². The summed E-state index contributed by atoms with van der Waals surface area (Å²) in [5.74, 6) is 3.05. The summed E-state index contributed by atoms with van der Waals surface area (Å²) in [5, 5.41) is 15.2. The molecule has 2 heterocycles.